The quantitative estimate of drug-likeness (QED) is 0.312. The summed E-state index contributed by atoms with van der Waals surface area (Å²) in [4.78, 5) is 13.9. The van der Waals surface area contributed by atoms with Crippen LogP contribution in [-0.2, 0) is 0 Å². The molecule has 1 atom stereocenters. The topological polar surface area (TPSA) is 70.0 Å². The summed E-state index contributed by atoms with van der Waals surface area (Å²) in [7, 11) is 1.30. The Morgan fingerprint density at radius 3 is 2.68 bits per heavy atom. The van der Waals surface area contributed by atoms with Gasteiger partial charge in [0.25, 0.3) is 0 Å². The second-order valence-electron chi connectivity index (χ2n) is 10.7. The highest BCUT2D eigenvalue weighted by Gasteiger charge is 2.24. The second-order valence-corrected chi connectivity index (χ2v) is 10.7. The summed E-state index contributed by atoms with van der Waals surface area (Å²) in [5.41, 5.74) is 5.10. The highest BCUT2D eigenvalue weighted by Crippen LogP contribution is 2.32. The Balaban J connectivity index is 1.16. The number of aromatic nitrogens is 3. The van der Waals surface area contributed by atoms with Crippen molar-refractivity contribution in [3.63, 3.8) is 0 Å². The van der Waals surface area contributed by atoms with Crippen LogP contribution in [0.15, 0.2) is 55.5 Å². The van der Waals surface area contributed by atoms with Crippen LogP contribution in [0.2, 0.25) is 0 Å². The summed E-state index contributed by atoms with van der Waals surface area (Å²) in [6.45, 7) is 12.8. The zero-order valence-electron chi connectivity index (χ0n) is 23.5. The summed E-state index contributed by atoms with van der Waals surface area (Å²) in [5.74, 6) is -1.67. The number of piperazine rings is 1. The Morgan fingerprint density at radius 2 is 1.95 bits per heavy atom. The van der Waals surface area contributed by atoms with Gasteiger partial charge in [0.1, 0.15) is 0 Å². The number of nitrogens with one attached hydrogen (secondary N) is 2. The van der Waals surface area contributed by atoms with Crippen molar-refractivity contribution < 1.29 is 13.5 Å². The molecule has 0 saturated carbocycles. The number of hydrogen-bond acceptors (Lipinski definition) is 7. The van der Waals surface area contributed by atoms with Gasteiger partial charge in [-0.1, -0.05) is 12.6 Å². The van der Waals surface area contributed by atoms with E-state index < -0.39 is 11.6 Å². The fraction of sp³-hybridized carbons (Fsp3) is 0.355. The third-order valence-corrected chi connectivity index (χ3v) is 8.17. The maximum atomic E-state index is 14.8. The standard InChI is InChI=1S/C31H35F2N7O/c1-20-17-22(6-7-24(20)21(2)39-15-13-38(14-16-39)19-23-5-4-10-34-23)37-30-31-36-18-26(40(31)12-11-35-30)25-8-9-27(41-3)29(33)28(25)32/h6-9,11-12,17-18,23,34H,2,4-5,10,13-16,19H2,1,3H3,(H,35,37)/t23-/m0/s1. The van der Waals surface area contributed by atoms with Crippen LogP contribution in [0.1, 0.15) is 24.0 Å². The van der Waals surface area contributed by atoms with Crippen molar-refractivity contribution in [1.82, 2.24) is 29.5 Å². The molecule has 0 unspecified atom stereocenters. The number of halogens is 2. The van der Waals surface area contributed by atoms with Crippen molar-refractivity contribution in [2.75, 3.05) is 51.7 Å². The number of imidazole rings is 1. The van der Waals surface area contributed by atoms with Gasteiger partial charge in [-0.05, 0) is 56.1 Å². The van der Waals surface area contributed by atoms with E-state index >= 15 is 0 Å². The molecule has 41 heavy (non-hydrogen) atoms. The zero-order chi connectivity index (χ0) is 28.5. The van der Waals surface area contributed by atoms with Gasteiger partial charge in [-0.15, -0.1) is 0 Å². The van der Waals surface area contributed by atoms with Crippen molar-refractivity contribution in [2.45, 2.75) is 25.8 Å². The summed E-state index contributed by atoms with van der Waals surface area (Å²) >= 11 is 0. The van der Waals surface area contributed by atoms with Gasteiger partial charge in [0.05, 0.1) is 19.0 Å². The van der Waals surface area contributed by atoms with Crippen molar-refractivity contribution in [3.8, 4) is 17.0 Å². The molecule has 2 aromatic heterocycles. The third-order valence-electron chi connectivity index (χ3n) is 8.17. The van der Waals surface area contributed by atoms with E-state index in [-0.39, 0.29) is 11.3 Å². The second kappa shape index (κ2) is 11.5. The Kier molecular flexibility index (Phi) is 7.59. The molecule has 2 fully saturated rings. The number of fused-ring (bicyclic) bond motifs is 1. The zero-order valence-corrected chi connectivity index (χ0v) is 23.5. The van der Waals surface area contributed by atoms with Crippen LogP contribution in [0.25, 0.3) is 22.6 Å². The molecule has 0 spiro atoms. The maximum Gasteiger partial charge on any atom is 0.201 e. The molecule has 2 N–H and O–H groups in total. The normalized spacial score (nSPS) is 17.8. The monoisotopic (exact) mass is 559 g/mol. The van der Waals surface area contributed by atoms with E-state index in [2.05, 4.69) is 56.0 Å². The largest absolute Gasteiger partial charge is 0.494 e. The summed E-state index contributed by atoms with van der Waals surface area (Å²) in [6.07, 6.45) is 7.34. The summed E-state index contributed by atoms with van der Waals surface area (Å²) < 4.78 is 35.8. The van der Waals surface area contributed by atoms with E-state index in [1.807, 2.05) is 6.07 Å². The summed E-state index contributed by atoms with van der Waals surface area (Å²) in [6, 6.07) is 9.67. The Labute approximate surface area is 238 Å². The Bertz CT molecular complexity index is 1570. The smallest absolute Gasteiger partial charge is 0.201 e. The third kappa shape index (κ3) is 5.37. The van der Waals surface area contributed by atoms with Gasteiger partial charge in [-0.2, -0.15) is 4.39 Å². The molecule has 8 nitrogen and oxygen atoms in total. The number of methoxy groups -OCH3 is 1. The number of ether oxygens (including phenoxy) is 1. The minimum absolute atomic E-state index is 0.0858. The predicted octanol–water partition coefficient (Wildman–Crippen LogP) is 5.08. The van der Waals surface area contributed by atoms with Crippen LogP contribution < -0.4 is 15.4 Å². The average molecular weight is 560 g/mol. The van der Waals surface area contributed by atoms with Gasteiger partial charge in [0.15, 0.2) is 23.0 Å². The lowest BCUT2D eigenvalue weighted by molar-refractivity contribution is 0.164. The molecule has 4 heterocycles. The molecule has 2 aromatic carbocycles. The molecular formula is C31H35F2N7O. The van der Waals surface area contributed by atoms with Crippen LogP contribution in [0, 0.1) is 18.6 Å². The molecule has 2 saturated heterocycles. The van der Waals surface area contributed by atoms with E-state index in [0.29, 0.717) is 23.2 Å². The van der Waals surface area contributed by atoms with Crippen molar-refractivity contribution >= 4 is 22.8 Å². The summed E-state index contributed by atoms with van der Waals surface area (Å²) in [5, 5.41) is 6.94. The molecule has 0 aliphatic carbocycles. The first-order valence-electron chi connectivity index (χ1n) is 14.0. The molecule has 0 amide bonds. The van der Waals surface area contributed by atoms with Crippen LogP contribution >= 0.6 is 0 Å². The van der Waals surface area contributed by atoms with Crippen molar-refractivity contribution in [1.29, 1.82) is 0 Å². The molecule has 214 valence electrons. The van der Waals surface area contributed by atoms with Gasteiger partial charge in [0.2, 0.25) is 5.82 Å². The van der Waals surface area contributed by atoms with E-state index in [0.717, 1.165) is 61.8 Å². The minimum atomic E-state index is -1.03. The Hall–Kier alpha value is -4.02. The van der Waals surface area contributed by atoms with Gasteiger partial charge in [-0.3, -0.25) is 9.30 Å². The maximum absolute atomic E-state index is 14.8. The first-order chi connectivity index (χ1) is 19.9. The highest BCUT2D eigenvalue weighted by molar-refractivity contribution is 5.76. The van der Waals surface area contributed by atoms with Gasteiger partial charge >= 0.3 is 0 Å². The van der Waals surface area contributed by atoms with E-state index in [1.165, 1.54) is 38.3 Å². The van der Waals surface area contributed by atoms with Crippen LogP contribution in [0.3, 0.4) is 0 Å². The number of nitrogens with zero attached hydrogens (tertiary/aromatic N) is 5. The first kappa shape index (κ1) is 27.2. The molecule has 6 rings (SSSR count). The van der Waals surface area contributed by atoms with E-state index in [4.69, 9.17) is 4.74 Å². The fourth-order valence-corrected chi connectivity index (χ4v) is 5.89. The molecule has 2 aliphatic rings. The predicted molar refractivity (Wildman–Crippen MR) is 157 cm³/mol. The van der Waals surface area contributed by atoms with Gasteiger partial charge < -0.3 is 20.3 Å². The molecule has 0 bridgehead atoms. The first-order valence-corrected chi connectivity index (χ1v) is 14.0. The molecule has 4 aromatic rings. The van der Waals surface area contributed by atoms with Crippen molar-refractivity contribution in [2.24, 2.45) is 0 Å². The number of rotatable bonds is 8. The average Bonchev–Trinajstić information content (AvgIpc) is 3.65. The number of benzene rings is 2. The lowest BCUT2D eigenvalue weighted by Crippen LogP contribution is -2.49. The molecular weight excluding hydrogens is 524 g/mol. The highest BCUT2D eigenvalue weighted by atomic mass is 19.2. The van der Waals surface area contributed by atoms with E-state index in [9.17, 15) is 8.78 Å². The lowest BCUT2D eigenvalue weighted by Gasteiger charge is -2.38. The number of anilines is 2. The fourth-order valence-electron chi connectivity index (χ4n) is 5.89. The SMILES string of the molecule is C=C(c1ccc(Nc2nccn3c(-c4ccc(OC)c(F)c4F)cnc23)cc1C)N1CCN(C[C@@H]2CCCN2)CC1. The number of aryl methyl sites for hydroxylation is 1. The number of hydrogen-bond donors (Lipinski definition) is 2. The minimum Gasteiger partial charge on any atom is -0.494 e. The van der Waals surface area contributed by atoms with E-state index in [1.54, 1.807) is 16.8 Å². The van der Waals surface area contributed by atoms with Crippen LogP contribution in [-0.4, -0.2) is 76.6 Å². The molecule has 2 aliphatic heterocycles. The van der Waals surface area contributed by atoms with Crippen molar-refractivity contribution in [3.05, 3.63) is 78.3 Å². The van der Waals surface area contributed by atoms with Gasteiger partial charge in [0, 0.05) is 73.7 Å². The van der Waals surface area contributed by atoms with Crippen LogP contribution in [0.4, 0.5) is 20.3 Å². The molecule has 0 radical (unpaired) electrons. The molecule has 10 heteroatoms. The Morgan fingerprint density at radius 1 is 1.12 bits per heavy atom. The lowest BCUT2D eigenvalue weighted by atomic mass is 10.0. The van der Waals surface area contributed by atoms with Crippen LogP contribution in [0.5, 0.6) is 5.75 Å². The van der Waals surface area contributed by atoms with Gasteiger partial charge in [-0.25, -0.2) is 14.4 Å².